The van der Waals surface area contributed by atoms with Crippen LogP contribution in [0.2, 0.25) is 0 Å². The SMILES string of the molecule is CCCCCCCCCCCCCCCCC(C)c1cc(O)c(C#N)cc1O. The fourth-order valence-corrected chi connectivity index (χ4v) is 3.88. The third kappa shape index (κ3) is 10.0. The summed E-state index contributed by atoms with van der Waals surface area (Å²) >= 11 is 0. The first-order valence-corrected chi connectivity index (χ1v) is 11.6. The van der Waals surface area contributed by atoms with Crippen LogP contribution in [0.4, 0.5) is 0 Å². The predicted octanol–water partition coefficient (Wildman–Crippen LogP) is 7.94. The maximum atomic E-state index is 10.1. The minimum absolute atomic E-state index is 0.0388. The molecule has 0 aromatic heterocycles. The van der Waals surface area contributed by atoms with Crippen molar-refractivity contribution in [1.29, 1.82) is 5.26 Å². The first kappa shape index (κ1) is 24.3. The van der Waals surface area contributed by atoms with Gasteiger partial charge in [-0.1, -0.05) is 104 Å². The number of phenolic OH excluding ortho intramolecular Hbond substituents is 2. The van der Waals surface area contributed by atoms with E-state index in [1.165, 1.54) is 89.5 Å². The van der Waals surface area contributed by atoms with Gasteiger partial charge in [0.2, 0.25) is 0 Å². The van der Waals surface area contributed by atoms with Crippen molar-refractivity contribution in [2.24, 2.45) is 0 Å². The molecule has 0 heterocycles. The Morgan fingerprint density at radius 3 is 1.68 bits per heavy atom. The second-order valence-corrected chi connectivity index (χ2v) is 8.33. The minimum Gasteiger partial charge on any atom is -0.508 e. The molecule has 1 aromatic rings. The van der Waals surface area contributed by atoms with Gasteiger partial charge in [0.15, 0.2) is 0 Å². The molecule has 0 saturated carbocycles. The lowest BCUT2D eigenvalue weighted by Crippen LogP contribution is -1.95. The van der Waals surface area contributed by atoms with Crippen LogP contribution in [0.1, 0.15) is 127 Å². The average molecular weight is 388 g/mol. The van der Waals surface area contributed by atoms with Crippen molar-refractivity contribution in [3.8, 4) is 17.6 Å². The van der Waals surface area contributed by atoms with E-state index in [1.54, 1.807) is 6.07 Å². The molecule has 1 atom stereocenters. The Labute approximate surface area is 172 Å². The summed E-state index contributed by atoms with van der Waals surface area (Å²) in [6, 6.07) is 4.80. The lowest BCUT2D eigenvalue weighted by Gasteiger charge is -2.14. The second-order valence-electron chi connectivity index (χ2n) is 8.33. The van der Waals surface area contributed by atoms with Crippen molar-refractivity contribution < 1.29 is 10.2 Å². The molecule has 0 spiro atoms. The van der Waals surface area contributed by atoms with Gasteiger partial charge in [0.05, 0.1) is 5.56 Å². The molecule has 1 unspecified atom stereocenters. The standard InChI is InChI=1S/C25H41NO2/c1-3-4-5-6-7-8-9-10-11-12-13-14-15-16-17-21(2)23-19-24(27)22(20-26)18-25(23)28/h18-19,21,27-28H,3-17H2,1-2H3. The van der Waals surface area contributed by atoms with E-state index in [-0.39, 0.29) is 23.0 Å². The summed E-state index contributed by atoms with van der Waals surface area (Å²) in [4.78, 5) is 0. The largest absolute Gasteiger partial charge is 0.508 e. The smallest absolute Gasteiger partial charge is 0.133 e. The summed E-state index contributed by atoms with van der Waals surface area (Å²) in [6.07, 6.45) is 19.9. The molecule has 0 aliphatic carbocycles. The molecule has 3 nitrogen and oxygen atoms in total. The van der Waals surface area contributed by atoms with E-state index in [4.69, 9.17) is 5.26 Å². The van der Waals surface area contributed by atoms with Crippen LogP contribution in [0.15, 0.2) is 12.1 Å². The maximum Gasteiger partial charge on any atom is 0.133 e. The van der Waals surface area contributed by atoms with Gasteiger partial charge < -0.3 is 10.2 Å². The van der Waals surface area contributed by atoms with Gasteiger partial charge in [0.1, 0.15) is 17.6 Å². The first-order valence-electron chi connectivity index (χ1n) is 11.6. The van der Waals surface area contributed by atoms with Crippen molar-refractivity contribution in [1.82, 2.24) is 0 Å². The second kappa shape index (κ2) is 15.3. The Kier molecular flexibility index (Phi) is 13.3. The van der Waals surface area contributed by atoms with E-state index in [0.29, 0.717) is 0 Å². The number of unbranched alkanes of at least 4 members (excludes halogenated alkanes) is 13. The van der Waals surface area contributed by atoms with Gasteiger partial charge in [-0.15, -0.1) is 0 Å². The number of nitriles is 1. The van der Waals surface area contributed by atoms with Crippen molar-refractivity contribution in [3.63, 3.8) is 0 Å². The molecule has 3 heteroatoms. The van der Waals surface area contributed by atoms with Gasteiger partial charge in [0.25, 0.3) is 0 Å². The fourth-order valence-electron chi connectivity index (χ4n) is 3.88. The summed E-state index contributed by atoms with van der Waals surface area (Å²) in [5, 5.41) is 28.8. The Morgan fingerprint density at radius 1 is 0.750 bits per heavy atom. The van der Waals surface area contributed by atoms with E-state index in [2.05, 4.69) is 13.8 Å². The minimum atomic E-state index is -0.0388. The molecule has 0 aliphatic rings. The van der Waals surface area contributed by atoms with Gasteiger partial charge in [-0.25, -0.2) is 0 Å². The molecule has 0 bridgehead atoms. The number of hydrogen-bond acceptors (Lipinski definition) is 3. The van der Waals surface area contributed by atoms with E-state index in [1.807, 2.05) is 6.07 Å². The highest BCUT2D eigenvalue weighted by atomic mass is 16.3. The van der Waals surface area contributed by atoms with E-state index < -0.39 is 0 Å². The molecule has 0 saturated heterocycles. The zero-order valence-corrected chi connectivity index (χ0v) is 18.2. The molecule has 0 amide bonds. The van der Waals surface area contributed by atoms with E-state index >= 15 is 0 Å². The quantitative estimate of drug-likeness (QED) is 0.223. The highest BCUT2D eigenvalue weighted by Gasteiger charge is 2.14. The normalized spacial score (nSPS) is 12.0. The number of rotatable bonds is 16. The van der Waals surface area contributed by atoms with E-state index in [9.17, 15) is 10.2 Å². The molecule has 0 radical (unpaired) electrons. The zero-order valence-electron chi connectivity index (χ0n) is 18.2. The number of hydrogen-bond donors (Lipinski definition) is 2. The number of nitrogens with zero attached hydrogens (tertiary/aromatic N) is 1. The summed E-state index contributed by atoms with van der Waals surface area (Å²) in [6.45, 7) is 4.34. The molecule has 28 heavy (non-hydrogen) atoms. The molecule has 1 aromatic carbocycles. The van der Waals surface area contributed by atoms with Crippen LogP contribution in [0.25, 0.3) is 0 Å². The summed E-state index contributed by atoms with van der Waals surface area (Å²) < 4.78 is 0. The van der Waals surface area contributed by atoms with Crippen LogP contribution >= 0.6 is 0 Å². The molecular weight excluding hydrogens is 346 g/mol. The van der Waals surface area contributed by atoms with Crippen LogP contribution in [-0.2, 0) is 0 Å². The first-order chi connectivity index (χ1) is 13.6. The number of phenols is 2. The lowest BCUT2D eigenvalue weighted by molar-refractivity contribution is 0.444. The highest BCUT2D eigenvalue weighted by Crippen LogP contribution is 2.34. The Morgan fingerprint density at radius 2 is 1.21 bits per heavy atom. The van der Waals surface area contributed by atoms with Gasteiger partial charge >= 0.3 is 0 Å². The van der Waals surface area contributed by atoms with Crippen LogP contribution in [0, 0.1) is 11.3 Å². The van der Waals surface area contributed by atoms with Crippen molar-refractivity contribution >= 4 is 0 Å². The Hall–Kier alpha value is -1.69. The Bertz CT molecular complexity index is 577. The van der Waals surface area contributed by atoms with Crippen molar-refractivity contribution in [3.05, 3.63) is 23.3 Å². The lowest BCUT2D eigenvalue weighted by atomic mass is 9.92. The summed E-state index contributed by atoms with van der Waals surface area (Å²) in [5.41, 5.74) is 0.871. The third-order valence-electron chi connectivity index (χ3n) is 5.79. The van der Waals surface area contributed by atoms with E-state index in [0.717, 1.165) is 18.4 Å². The van der Waals surface area contributed by atoms with Crippen LogP contribution in [0.5, 0.6) is 11.5 Å². The van der Waals surface area contributed by atoms with Gasteiger partial charge in [-0.05, 0) is 18.4 Å². The fraction of sp³-hybridized carbons (Fsp3) is 0.720. The van der Waals surface area contributed by atoms with Gasteiger partial charge in [-0.2, -0.15) is 5.26 Å². The monoisotopic (exact) mass is 387 g/mol. The van der Waals surface area contributed by atoms with Crippen molar-refractivity contribution in [2.75, 3.05) is 0 Å². The van der Waals surface area contributed by atoms with Gasteiger partial charge in [0, 0.05) is 11.6 Å². The third-order valence-corrected chi connectivity index (χ3v) is 5.79. The number of aromatic hydroxyl groups is 2. The van der Waals surface area contributed by atoms with Crippen molar-refractivity contribution in [2.45, 2.75) is 116 Å². The Balaban J connectivity index is 2.02. The predicted molar refractivity (Wildman–Crippen MR) is 118 cm³/mol. The summed E-state index contributed by atoms with van der Waals surface area (Å²) in [7, 11) is 0. The molecule has 0 aliphatic heterocycles. The maximum absolute atomic E-state index is 10.1. The van der Waals surface area contributed by atoms with Crippen LogP contribution < -0.4 is 0 Å². The molecule has 158 valence electrons. The van der Waals surface area contributed by atoms with Gasteiger partial charge in [-0.3, -0.25) is 0 Å². The molecule has 0 fully saturated rings. The number of benzene rings is 1. The van der Waals surface area contributed by atoms with Crippen LogP contribution in [-0.4, -0.2) is 10.2 Å². The molecular formula is C25H41NO2. The highest BCUT2D eigenvalue weighted by molar-refractivity contribution is 5.51. The molecule has 1 rings (SSSR count). The topological polar surface area (TPSA) is 64.2 Å². The zero-order chi connectivity index (χ0) is 20.6. The summed E-state index contributed by atoms with van der Waals surface area (Å²) in [5.74, 6) is 0.270. The average Bonchev–Trinajstić information content (AvgIpc) is 2.69. The molecule has 2 N–H and O–H groups in total. The van der Waals surface area contributed by atoms with Crippen LogP contribution in [0.3, 0.4) is 0 Å².